The Morgan fingerprint density at radius 1 is 0.596 bits per heavy atom. The Labute approximate surface area is 306 Å². The van der Waals surface area contributed by atoms with Gasteiger partial charge in [0.1, 0.15) is 17.2 Å². The number of hydrogen-bond donors (Lipinski definition) is 0. The van der Waals surface area contributed by atoms with Gasteiger partial charge >= 0.3 is 11.9 Å². The summed E-state index contributed by atoms with van der Waals surface area (Å²) >= 11 is 0. The first kappa shape index (κ1) is 39.0. The van der Waals surface area contributed by atoms with E-state index in [0.717, 1.165) is 55.6 Å². The number of ketones is 1. The molecule has 4 aromatic carbocycles. The summed E-state index contributed by atoms with van der Waals surface area (Å²) in [4.78, 5) is 36.4. The Balaban J connectivity index is 1.16. The zero-order chi connectivity index (χ0) is 36.8. The lowest BCUT2D eigenvalue weighted by molar-refractivity contribution is -0.137. The molecule has 0 atom stereocenters. The number of allylic oxidation sites excluding steroid dienone is 1. The predicted molar refractivity (Wildman–Crippen MR) is 203 cm³/mol. The number of rotatable bonds is 22. The predicted octanol–water partition coefficient (Wildman–Crippen LogP) is 10.8. The van der Waals surface area contributed by atoms with Crippen LogP contribution in [-0.4, -0.2) is 37.5 Å². The molecule has 0 unspecified atom stereocenters. The molecule has 0 N–H and O–H groups in total. The van der Waals surface area contributed by atoms with Crippen molar-refractivity contribution >= 4 is 35.2 Å². The van der Waals surface area contributed by atoms with E-state index in [-0.39, 0.29) is 11.8 Å². The topological polar surface area (TPSA) is 113 Å². The van der Waals surface area contributed by atoms with E-state index in [2.05, 4.69) is 23.7 Å². The fourth-order valence-electron chi connectivity index (χ4n) is 4.88. The quantitative estimate of drug-likeness (QED) is 0.0200. The maximum Gasteiger partial charge on any atom is 0.343 e. The van der Waals surface area contributed by atoms with Crippen molar-refractivity contribution in [2.24, 2.45) is 10.2 Å². The lowest BCUT2D eigenvalue weighted by Gasteiger charge is -2.06. The molecule has 270 valence electrons. The Bertz CT molecular complexity index is 1760. The van der Waals surface area contributed by atoms with E-state index < -0.39 is 5.97 Å². The maximum absolute atomic E-state index is 12.7. The molecule has 0 radical (unpaired) electrons. The number of azo groups is 1. The molecule has 9 heteroatoms. The third kappa shape index (κ3) is 14.2. The molecule has 0 spiro atoms. The van der Waals surface area contributed by atoms with Gasteiger partial charge < -0.3 is 18.9 Å². The first-order valence-electron chi connectivity index (χ1n) is 17.7. The van der Waals surface area contributed by atoms with Crippen LogP contribution in [0.1, 0.15) is 84.6 Å². The van der Waals surface area contributed by atoms with Gasteiger partial charge in [0.25, 0.3) is 0 Å². The molecule has 4 aromatic rings. The summed E-state index contributed by atoms with van der Waals surface area (Å²) in [7, 11) is 0. The molecule has 0 saturated carbocycles. The zero-order valence-corrected chi connectivity index (χ0v) is 29.7. The van der Waals surface area contributed by atoms with Crippen LogP contribution < -0.4 is 14.2 Å². The summed E-state index contributed by atoms with van der Waals surface area (Å²) in [5, 5.41) is 8.53. The molecular formula is C43H46N2O7. The van der Waals surface area contributed by atoms with Crippen LogP contribution in [0, 0.1) is 0 Å². The second-order valence-electron chi connectivity index (χ2n) is 12.0. The van der Waals surface area contributed by atoms with E-state index in [0.29, 0.717) is 48.1 Å². The Morgan fingerprint density at radius 2 is 1.10 bits per heavy atom. The van der Waals surface area contributed by atoms with E-state index >= 15 is 0 Å². The van der Waals surface area contributed by atoms with Crippen LogP contribution in [0.25, 0.3) is 6.08 Å². The highest BCUT2D eigenvalue weighted by atomic mass is 16.5. The van der Waals surface area contributed by atoms with E-state index in [9.17, 15) is 14.4 Å². The van der Waals surface area contributed by atoms with Gasteiger partial charge in [-0.15, -0.1) is 0 Å². The van der Waals surface area contributed by atoms with E-state index in [1.807, 2.05) is 36.4 Å². The maximum atomic E-state index is 12.7. The molecule has 0 bridgehead atoms. The van der Waals surface area contributed by atoms with Crippen molar-refractivity contribution in [3.8, 4) is 17.2 Å². The molecule has 4 rings (SSSR count). The largest absolute Gasteiger partial charge is 0.494 e. The van der Waals surface area contributed by atoms with Crippen molar-refractivity contribution in [2.75, 3.05) is 19.8 Å². The monoisotopic (exact) mass is 702 g/mol. The highest BCUT2D eigenvalue weighted by molar-refractivity contribution is 6.06. The van der Waals surface area contributed by atoms with Gasteiger partial charge in [-0.25, -0.2) is 9.59 Å². The number of ether oxygens (including phenoxy) is 4. The molecule has 0 aliphatic rings. The molecule has 0 saturated heterocycles. The van der Waals surface area contributed by atoms with Gasteiger partial charge in [0.2, 0.25) is 0 Å². The highest BCUT2D eigenvalue weighted by Crippen LogP contribution is 2.23. The Morgan fingerprint density at radius 3 is 1.67 bits per heavy atom. The first-order valence-corrected chi connectivity index (χ1v) is 17.7. The third-order valence-corrected chi connectivity index (χ3v) is 7.86. The number of carbonyl (C=O) groups excluding carboxylic acids is 3. The van der Waals surface area contributed by atoms with Crippen molar-refractivity contribution in [2.45, 2.75) is 58.3 Å². The summed E-state index contributed by atoms with van der Waals surface area (Å²) in [6.45, 7) is 7.23. The molecule has 0 aromatic heterocycles. The minimum absolute atomic E-state index is 0.113. The van der Waals surface area contributed by atoms with Gasteiger partial charge in [0.15, 0.2) is 5.78 Å². The van der Waals surface area contributed by atoms with Crippen molar-refractivity contribution in [1.82, 2.24) is 0 Å². The summed E-state index contributed by atoms with van der Waals surface area (Å²) in [6.07, 6.45) is 12.7. The molecule has 0 amide bonds. The minimum atomic E-state index is -0.500. The summed E-state index contributed by atoms with van der Waals surface area (Å²) in [5.41, 5.74) is 3.00. The standard InChI is InChI=1S/C43H46N2O7/c1-3-5-6-9-30-49-38-25-17-34(18-26-38)41(46)29-14-33-12-23-40(24-13-33)52-43(48)35-15-19-36(20-16-35)44-45-37-21-27-39(28-22-37)50-31-10-7-8-11-32-51-42(47)4-2/h4,12-29H,2-3,5-11,30-32H2,1H3/b29-14+,45-44?. The molecule has 0 heterocycles. The van der Waals surface area contributed by atoms with Crippen LogP contribution >= 0.6 is 0 Å². The summed E-state index contributed by atoms with van der Waals surface area (Å²) in [5.74, 6) is 0.896. The fraction of sp³-hybridized carbons (Fsp3) is 0.279. The van der Waals surface area contributed by atoms with Crippen LogP contribution in [0.3, 0.4) is 0 Å². The third-order valence-electron chi connectivity index (χ3n) is 7.86. The molecular weight excluding hydrogens is 656 g/mol. The van der Waals surface area contributed by atoms with Crippen molar-refractivity contribution < 1.29 is 33.3 Å². The number of nitrogens with zero attached hydrogens (tertiary/aromatic N) is 2. The van der Waals surface area contributed by atoms with Crippen LogP contribution in [0.4, 0.5) is 11.4 Å². The number of hydrogen-bond acceptors (Lipinski definition) is 9. The van der Waals surface area contributed by atoms with Gasteiger partial charge in [-0.05, 0) is 129 Å². The molecule has 0 fully saturated rings. The van der Waals surface area contributed by atoms with Gasteiger partial charge in [0, 0.05) is 11.6 Å². The lowest BCUT2D eigenvalue weighted by atomic mass is 10.1. The van der Waals surface area contributed by atoms with E-state index in [4.69, 9.17) is 18.9 Å². The molecule has 0 aliphatic carbocycles. The van der Waals surface area contributed by atoms with E-state index in [1.54, 1.807) is 66.7 Å². The van der Waals surface area contributed by atoms with Crippen molar-refractivity contribution in [3.05, 3.63) is 132 Å². The van der Waals surface area contributed by atoms with Crippen LogP contribution in [0.5, 0.6) is 17.2 Å². The van der Waals surface area contributed by atoms with Crippen LogP contribution in [0.2, 0.25) is 0 Å². The van der Waals surface area contributed by atoms with Crippen LogP contribution in [-0.2, 0) is 9.53 Å². The van der Waals surface area contributed by atoms with Crippen molar-refractivity contribution in [1.29, 1.82) is 0 Å². The normalized spacial score (nSPS) is 11.0. The second-order valence-corrected chi connectivity index (χ2v) is 12.0. The lowest BCUT2D eigenvalue weighted by Crippen LogP contribution is -2.07. The smallest absolute Gasteiger partial charge is 0.343 e. The van der Waals surface area contributed by atoms with E-state index in [1.165, 1.54) is 25.0 Å². The zero-order valence-electron chi connectivity index (χ0n) is 29.7. The van der Waals surface area contributed by atoms with Gasteiger partial charge in [-0.2, -0.15) is 10.2 Å². The molecule has 52 heavy (non-hydrogen) atoms. The molecule has 0 aliphatic heterocycles. The Kier molecular flexibility index (Phi) is 16.5. The SMILES string of the molecule is C=CC(=O)OCCCCCCOc1ccc(N=Nc2ccc(C(=O)Oc3ccc(/C=C/C(=O)c4ccc(OCCCCCC)cc4)cc3)cc2)cc1. The number of carbonyl (C=O) groups is 3. The Hall–Kier alpha value is -5.83. The average molecular weight is 703 g/mol. The van der Waals surface area contributed by atoms with Crippen molar-refractivity contribution in [3.63, 3.8) is 0 Å². The number of unbranched alkanes of at least 4 members (excludes halogenated alkanes) is 6. The van der Waals surface area contributed by atoms with Gasteiger partial charge in [-0.3, -0.25) is 4.79 Å². The average Bonchev–Trinajstić information content (AvgIpc) is 3.18. The second kappa shape index (κ2) is 22.1. The number of esters is 2. The first-order chi connectivity index (χ1) is 25.4. The minimum Gasteiger partial charge on any atom is -0.494 e. The van der Waals surface area contributed by atoms with Gasteiger partial charge in [-0.1, -0.05) is 51.0 Å². The molecule has 9 nitrogen and oxygen atoms in total. The summed E-state index contributed by atoms with van der Waals surface area (Å²) < 4.78 is 22.0. The van der Waals surface area contributed by atoms with Gasteiger partial charge in [0.05, 0.1) is 36.8 Å². The summed E-state index contributed by atoms with van der Waals surface area (Å²) in [6, 6.07) is 28.1. The van der Waals surface area contributed by atoms with Crippen LogP contribution in [0.15, 0.2) is 126 Å². The number of benzene rings is 4. The fourth-order valence-corrected chi connectivity index (χ4v) is 4.88. The highest BCUT2D eigenvalue weighted by Gasteiger charge is 2.09.